The van der Waals surface area contributed by atoms with Gasteiger partial charge in [-0.25, -0.2) is 0 Å². The molecule has 1 aromatic carbocycles. The highest BCUT2D eigenvalue weighted by Crippen LogP contribution is 2.34. The first-order chi connectivity index (χ1) is 12.0. The average Bonchev–Trinajstić information content (AvgIpc) is 2.61. The predicted octanol–water partition coefficient (Wildman–Crippen LogP) is 1.50. The molecule has 3 rings (SSSR count). The van der Waals surface area contributed by atoms with E-state index in [4.69, 9.17) is 9.47 Å². The molecular formula is C19H29N3O3. The van der Waals surface area contributed by atoms with Crippen LogP contribution in [0.4, 0.5) is 5.69 Å². The summed E-state index contributed by atoms with van der Waals surface area (Å²) in [7, 11) is 1.70. The maximum Gasteiger partial charge on any atom is 0.224 e. The molecule has 1 unspecified atom stereocenters. The number of morpholine rings is 1. The smallest absolute Gasteiger partial charge is 0.224 e. The van der Waals surface area contributed by atoms with Gasteiger partial charge in [0.05, 0.1) is 31.5 Å². The fourth-order valence-corrected chi connectivity index (χ4v) is 3.76. The van der Waals surface area contributed by atoms with Gasteiger partial charge < -0.3 is 24.6 Å². The topological polar surface area (TPSA) is 54.0 Å². The molecule has 1 atom stereocenters. The number of carbonyl (C=O) groups is 1. The Morgan fingerprint density at radius 2 is 2.16 bits per heavy atom. The van der Waals surface area contributed by atoms with Crippen LogP contribution in [0.15, 0.2) is 24.3 Å². The molecule has 0 bridgehead atoms. The summed E-state index contributed by atoms with van der Waals surface area (Å²) in [6.45, 7) is 8.78. The summed E-state index contributed by atoms with van der Waals surface area (Å²) in [6, 6.07) is 8.21. The summed E-state index contributed by atoms with van der Waals surface area (Å²) >= 11 is 0. The first kappa shape index (κ1) is 18.0. The van der Waals surface area contributed by atoms with Crippen molar-refractivity contribution in [3.05, 3.63) is 24.3 Å². The predicted molar refractivity (Wildman–Crippen MR) is 98.2 cm³/mol. The second kappa shape index (κ2) is 7.62. The van der Waals surface area contributed by atoms with Crippen molar-refractivity contribution in [2.75, 3.05) is 51.4 Å². The molecule has 6 heteroatoms. The van der Waals surface area contributed by atoms with Gasteiger partial charge in [-0.1, -0.05) is 12.1 Å². The standard InChI is InChI=1S/C19H29N3O3/c1-19(2)14-21(18(23)12-15-13-25-11-8-20-15)9-10-22(19)16-6-4-5-7-17(16)24-3/h4-7,15,20H,8-14H2,1-3H3. The summed E-state index contributed by atoms with van der Waals surface area (Å²) in [5.41, 5.74) is 0.934. The molecule has 2 fully saturated rings. The molecule has 25 heavy (non-hydrogen) atoms. The molecule has 6 nitrogen and oxygen atoms in total. The van der Waals surface area contributed by atoms with Gasteiger partial charge >= 0.3 is 0 Å². The van der Waals surface area contributed by atoms with E-state index < -0.39 is 0 Å². The Hall–Kier alpha value is -1.79. The molecule has 0 spiro atoms. The SMILES string of the molecule is COc1ccccc1N1CCN(C(=O)CC2COCCN2)CC1(C)C. The molecule has 1 amide bonds. The summed E-state index contributed by atoms with van der Waals surface area (Å²) in [5, 5.41) is 3.36. The number of piperazine rings is 1. The Bertz CT molecular complexity index is 599. The minimum absolute atomic E-state index is 0.136. The minimum atomic E-state index is -0.154. The fraction of sp³-hybridized carbons (Fsp3) is 0.632. The highest BCUT2D eigenvalue weighted by atomic mass is 16.5. The van der Waals surface area contributed by atoms with Crippen molar-refractivity contribution in [1.82, 2.24) is 10.2 Å². The Balaban J connectivity index is 1.66. The van der Waals surface area contributed by atoms with Gasteiger partial charge in [-0.3, -0.25) is 4.79 Å². The number of nitrogens with one attached hydrogen (secondary N) is 1. The van der Waals surface area contributed by atoms with Crippen LogP contribution in [0, 0.1) is 0 Å². The van der Waals surface area contributed by atoms with Crippen molar-refractivity contribution in [1.29, 1.82) is 0 Å². The van der Waals surface area contributed by atoms with Gasteiger partial charge in [0.2, 0.25) is 5.91 Å². The molecule has 2 aliphatic heterocycles. The van der Waals surface area contributed by atoms with Crippen molar-refractivity contribution in [3.8, 4) is 5.75 Å². The van der Waals surface area contributed by atoms with E-state index in [-0.39, 0.29) is 17.5 Å². The zero-order valence-corrected chi connectivity index (χ0v) is 15.5. The van der Waals surface area contributed by atoms with Crippen molar-refractivity contribution in [3.63, 3.8) is 0 Å². The van der Waals surface area contributed by atoms with E-state index in [1.807, 2.05) is 23.1 Å². The third-order valence-electron chi connectivity index (χ3n) is 5.05. The van der Waals surface area contributed by atoms with Gasteiger partial charge in [0.1, 0.15) is 5.75 Å². The number of hydrogen-bond acceptors (Lipinski definition) is 5. The van der Waals surface area contributed by atoms with E-state index in [0.717, 1.165) is 37.7 Å². The third kappa shape index (κ3) is 4.07. The van der Waals surface area contributed by atoms with Crippen molar-refractivity contribution >= 4 is 11.6 Å². The Kier molecular flexibility index (Phi) is 5.49. The van der Waals surface area contributed by atoms with Gasteiger partial charge in [0.15, 0.2) is 0 Å². The zero-order valence-electron chi connectivity index (χ0n) is 15.5. The lowest BCUT2D eigenvalue weighted by Crippen LogP contribution is -2.61. The second-order valence-corrected chi connectivity index (χ2v) is 7.38. The van der Waals surface area contributed by atoms with Gasteiger partial charge in [0, 0.05) is 38.6 Å². The van der Waals surface area contributed by atoms with Crippen LogP contribution >= 0.6 is 0 Å². The van der Waals surface area contributed by atoms with Crippen molar-refractivity contribution < 1.29 is 14.3 Å². The van der Waals surface area contributed by atoms with E-state index >= 15 is 0 Å². The highest BCUT2D eigenvalue weighted by Gasteiger charge is 2.37. The van der Waals surface area contributed by atoms with Crippen LogP contribution in [-0.2, 0) is 9.53 Å². The summed E-state index contributed by atoms with van der Waals surface area (Å²) in [6.07, 6.45) is 0.505. The zero-order chi connectivity index (χ0) is 17.9. The van der Waals surface area contributed by atoms with Crippen LogP contribution in [-0.4, -0.2) is 68.9 Å². The van der Waals surface area contributed by atoms with E-state index in [1.54, 1.807) is 7.11 Å². The summed E-state index contributed by atoms with van der Waals surface area (Å²) in [4.78, 5) is 17.0. The number of methoxy groups -OCH3 is 1. The van der Waals surface area contributed by atoms with E-state index in [2.05, 4.69) is 30.1 Å². The first-order valence-electron chi connectivity index (χ1n) is 9.01. The van der Waals surface area contributed by atoms with Gasteiger partial charge in [0.25, 0.3) is 0 Å². The molecule has 2 saturated heterocycles. The number of para-hydroxylation sites is 2. The van der Waals surface area contributed by atoms with E-state index in [0.29, 0.717) is 19.6 Å². The first-order valence-corrected chi connectivity index (χ1v) is 9.01. The Morgan fingerprint density at radius 3 is 2.84 bits per heavy atom. The van der Waals surface area contributed by atoms with Gasteiger partial charge in [-0.2, -0.15) is 0 Å². The van der Waals surface area contributed by atoms with Crippen LogP contribution in [0.1, 0.15) is 20.3 Å². The molecule has 2 heterocycles. The number of anilines is 1. The van der Waals surface area contributed by atoms with Crippen LogP contribution in [0.5, 0.6) is 5.75 Å². The molecule has 0 radical (unpaired) electrons. The highest BCUT2D eigenvalue weighted by molar-refractivity contribution is 5.77. The Morgan fingerprint density at radius 1 is 1.36 bits per heavy atom. The second-order valence-electron chi connectivity index (χ2n) is 7.38. The average molecular weight is 347 g/mol. The molecule has 0 aliphatic carbocycles. The van der Waals surface area contributed by atoms with Gasteiger partial charge in [-0.05, 0) is 26.0 Å². The third-order valence-corrected chi connectivity index (χ3v) is 5.05. The Labute approximate surface area is 150 Å². The fourth-order valence-electron chi connectivity index (χ4n) is 3.76. The normalized spacial score (nSPS) is 23.4. The number of hydrogen-bond donors (Lipinski definition) is 1. The monoisotopic (exact) mass is 347 g/mol. The lowest BCUT2D eigenvalue weighted by Gasteiger charge is -2.49. The molecule has 0 aromatic heterocycles. The maximum atomic E-state index is 12.7. The molecular weight excluding hydrogens is 318 g/mol. The molecule has 138 valence electrons. The summed E-state index contributed by atoms with van der Waals surface area (Å²) in [5.74, 6) is 1.08. The minimum Gasteiger partial charge on any atom is -0.495 e. The number of rotatable bonds is 4. The maximum absolute atomic E-state index is 12.7. The number of ether oxygens (including phenoxy) is 2. The largest absolute Gasteiger partial charge is 0.495 e. The van der Waals surface area contributed by atoms with E-state index in [9.17, 15) is 4.79 Å². The lowest BCUT2D eigenvalue weighted by atomic mass is 9.96. The summed E-state index contributed by atoms with van der Waals surface area (Å²) < 4.78 is 11.0. The number of nitrogens with zero attached hydrogens (tertiary/aromatic N) is 2. The number of benzene rings is 1. The van der Waals surface area contributed by atoms with Crippen LogP contribution < -0.4 is 15.0 Å². The van der Waals surface area contributed by atoms with Crippen molar-refractivity contribution in [2.24, 2.45) is 0 Å². The van der Waals surface area contributed by atoms with Crippen molar-refractivity contribution in [2.45, 2.75) is 31.8 Å². The quantitative estimate of drug-likeness (QED) is 0.895. The number of amides is 1. The molecule has 0 saturated carbocycles. The molecule has 1 N–H and O–H groups in total. The van der Waals surface area contributed by atoms with Crippen LogP contribution in [0.2, 0.25) is 0 Å². The lowest BCUT2D eigenvalue weighted by molar-refractivity contribution is -0.134. The van der Waals surface area contributed by atoms with E-state index in [1.165, 1.54) is 0 Å². The van der Waals surface area contributed by atoms with Crippen LogP contribution in [0.3, 0.4) is 0 Å². The molecule has 1 aromatic rings. The van der Waals surface area contributed by atoms with Gasteiger partial charge in [-0.15, -0.1) is 0 Å². The van der Waals surface area contributed by atoms with Crippen LogP contribution in [0.25, 0.3) is 0 Å². The number of carbonyl (C=O) groups excluding carboxylic acids is 1. The molecule has 2 aliphatic rings.